The van der Waals surface area contributed by atoms with Crippen molar-refractivity contribution < 1.29 is 9.59 Å². The Kier molecular flexibility index (Phi) is 3.64. The first-order chi connectivity index (χ1) is 10.0. The highest BCUT2D eigenvalue weighted by molar-refractivity contribution is 5.89. The third kappa shape index (κ3) is 2.64. The second-order valence-electron chi connectivity index (χ2n) is 7.32. The molecule has 2 amide bonds. The van der Waals surface area contributed by atoms with E-state index in [1.54, 1.807) is 0 Å². The molecule has 0 aliphatic heterocycles. The number of nitrogens with two attached hydrogens (primary N) is 1. The Morgan fingerprint density at radius 2 is 1.71 bits per heavy atom. The molecule has 0 aromatic carbocycles. The van der Waals surface area contributed by atoms with Crippen molar-refractivity contribution >= 4 is 11.8 Å². The molecule has 5 nitrogen and oxygen atoms in total. The summed E-state index contributed by atoms with van der Waals surface area (Å²) in [6.07, 6.45) is 7.27. The number of carbonyl (C=O) groups excluding carboxylic acids is 2. The molecule has 4 aliphatic carbocycles. The van der Waals surface area contributed by atoms with Crippen molar-refractivity contribution in [1.29, 1.82) is 5.26 Å². The predicted octanol–water partition coefficient (Wildman–Crippen LogP) is 1.48. The summed E-state index contributed by atoms with van der Waals surface area (Å²) in [4.78, 5) is 24.2. The smallest absolute Gasteiger partial charge is 0.240 e. The fourth-order valence-electron chi connectivity index (χ4n) is 5.19. The number of rotatable bonds is 5. The molecule has 4 saturated carbocycles. The van der Waals surface area contributed by atoms with Gasteiger partial charge in [0.15, 0.2) is 0 Å². The molecule has 3 N–H and O–H groups in total. The molecule has 21 heavy (non-hydrogen) atoms. The number of hydrogen-bond donors (Lipinski definition) is 2. The molecular formula is C16H23N3O2. The average molecular weight is 289 g/mol. The highest BCUT2D eigenvalue weighted by Crippen LogP contribution is 2.60. The summed E-state index contributed by atoms with van der Waals surface area (Å²) in [6.45, 7) is 0. The Hall–Kier alpha value is -1.57. The van der Waals surface area contributed by atoms with Crippen LogP contribution in [0, 0.1) is 34.5 Å². The molecule has 1 atom stereocenters. The zero-order valence-electron chi connectivity index (χ0n) is 12.3. The fraction of sp³-hybridized carbons (Fsp3) is 0.812. The molecule has 0 spiro atoms. The summed E-state index contributed by atoms with van der Waals surface area (Å²) in [5.41, 5.74) is 5.09. The number of nitriles is 1. The minimum Gasteiger partial charge on any atom is -0.368 e. The van der Waals surface area contributed by atoms with Crippen LogP contribution in [-0.4, -0.2) is 17.9 Å². The SMILES string of the molecule is N#CCC[C@H](NC(=O)C12CC3CC(CC(C3)C1)C2)C(N)=O. The van der Waals surface area contributed by atoms with Gasteiger partial charge in [-0.1, -0.05) is 0 Å². The molecule has 0 saturated heterocycles. The third-order valence-corrected chi connectivity index (χ3v) is 5.71. The van der Waals surface area contributed by atoms with Gasteiger partial charge in [0.25, 0.3) is 0 Å². The van der Waals surface area contributed by atoms with Gasteiger partial charge < -0.3 is 11.1 Å². The van der Waals surface area contributed by atoms with E-state index in [-0.39, 0.29) is 17.7 Å². The van der Waals surface area contributed by atoms with Crippen LogP contribution in [0.4, 0.5) is 0 Å². The van der Waals surface area contributed by atoms with E-state index in [0.29, 0.717) is 24.2 Å². The predicted molar refractivity (Wildman–Crippen MR) is 76.6 cm³/mol. The standard InChI is InChI=1S/C16H23N3O2/c17-3-1-2-13(14(18)20)19-15(21)16-7-10-4-11(8-16)6-12(5-10)9-16/h10-13H,1-2,4-9H2,(H2,18,20)(H,19,21)/t10?,11?,12?,13-,16?/m0/s1. The van der Waals surface area contributed by atoms with Crippen LogP contribution in [0.2, 0.25) is 0 Å². The molecule has 0 aromatic rings. The van der Waals surface area contributed by atoms with E-state index in [2.05, 4.69) is 5.32 Å². The Bertz CT molecular complexity index is 459. The van der Waals surface area contributed by atoms with E-state index < -0.39 is 11.9 Å². The molecular weight excluding hydrogens is 266 g/mol. The van der Waals surface area contributed by atoms with Crippen molar-refractivity contribution in [3.63, 3.8) is 0 Å². The van der Waals surface area contributed by atoms with Crippen molar-refractivity contribution in [2.45, 2.75) is 57.4 Å². The molecule has 4 rings (SSSR count). The summed E-state index contributed by atoms with van der Waals surface area (Å²) in [7, 11) is 0. The van der Waals surface area contributed by atoms with E-state index in [1.165, 1.54) is 19.3 Å². The molecule has 0 unspecified atom stereocenters. The Morgan fingerprint density at radius 3 is 2.14 bits per heavy atom. The summed E-state index contributed by atoms with van der Waals surface area (Å²) in [5, 5.41) is 11.5. The number of primary amides is 1. The average Bonchev–Trinajstić information content (AvgIpc) is 2.41. The van der Waals surface area contributed by atoms with Gasteiger partial charge in [-0.15, -0.1) is 0 Å². The Morgan fingerprint density at radius 1 is 1.19 bits per heavy atom. The number of nitrogens with zero attached hydrogens (tertiary/aromatic N) is 1. The molecule has 4 bridgehead atoms. The van der Waals surface area contributed by atoms with E-state index in [0.717, 1.165) is 19.3 Å². The maximum Gasteiger partial charge on any atom is 0.240 e. The van der Waals surface area contributed by atoms with Gasteiger partial charge in [0.1, 0.15) is 6.04 Å². The van der Waals surface area contributed by atoms with Crippen molar-refractivity contribution in [3.05, 3.63) is 0 Å². The first-order valence-corrected chi connectivity index (χ1v) is 7.99. The highest BCUT2D eigenvalue weighted by atomic mass is 16.2. The lowest BCUT2D eigenvalue weighted by Crippen LogP contribution is -2.56. The first kappa shape index (κ1) is 14.4. The number of nitrogens with one attached hydrogen (secondary N) is 1. The molecule has 0 aromatic heterocycles. The Labute approximate surface area is 125 Å². The van der Waals surface area contributed by atoms with E-state index in [1.807, 2.05) is 6.07 Å². The summed E-state index contributed by atoms with van der Waals surface area (Å²) in [6, 6.07) is 1.30. The van der Waals surface area contributed by atoms with Crippen molar-refractivity contribution in [2.75, 3.05) is 0 Å². The largest absolute Gasteiger partial charge is 0.368 e. The van der Waals surface area contributed by atoms with Crippen LogP contribution in [0.1, 0.15) is 51.4 Å². The van der Waals surface area contributed by atoms with Crippen LogP contribution in [0.3, 0.4) is 0 Å². The van der Waals surface area contributed by atoms with Gasteiger partial charge in [0, 0.05) is 11.8 Å². The van der Waals surface area contributed by atoms with Crippen LogP contribution in [-0.2, 0) is 9.59 Å². The van der Waals surface area contributed by atoms with Gasteiger partial charge in [-0.05, 0) is 62.7 Å². The van der Waals surface area contributed by atoms with E-state index in [9.17, 15) is 9.59 Å². The first-order valence-electron chi connectivity index (χ1n) is 7.99. The normalized spacial score (nSPS) is 37.8. The maximum absolute atomic E-state index is 12.8. The van der Waals surface area contributed by atoms with Crippen LogP contribution < -0.4 is 11.1 Å². The van der Waals surface area contributed by atoms with Crippen LogP contribution in [0.5, 0.6) is 0 Å². The number of amides is 2. The zero-order valence-corrected chi connectivity index (χ0v) is 12.3. The monoisotopic (exact) mass is 289 g/mol. The van der Waals surface area contributed by atoms with Crippen molar-refractivity contribution in [1.82, 2.24) is 5.32 Å². The van der Waals surface area contributed by atoms with Gasteiger partial charge in [-0.25, -0.2) is 0 Å². The second kappa shape index (κ2) is 5.32. The molecule has 5 heteroatoms. The minimum atomic E-state index is -0.704. The lowest BCUT2D eigenvalue weighted by Gasteiger charge is -2.55. The van der Waals surface area contributed by atoms with Crippen LogP contribution >= 0.6 is 0 Å². The van der Waals surface area contributed by atoms with Crippen LogP contribution in [0.15, 0.2) is 0 Å². The lowest BCUT2D eigenvalue weighted by molar-refractivity contribution is -0.148. The summed E-state index contributed by atoms with van der Waals surface area (Å²) < 4.78 is 0. The quantitative estimate of drug-likeness (QED) is 0.802. The molecule has 4 aliphatic rings. The third-order valence-electron chi connectivity index (χ3n) is 5.71. The van der Waals surface area contributed by atoms with E-state index in [4.69, 9.17) is 11.0 Å². The van der Waals surface area contributed by atoms with Crippen molar-refractivity contribution in [2.24, 2.45) is 28.9 Å². The topological polar surface area (TPSA) is 96.0 Å². The van der Waals surface area contributed by atoms with Crippen molar-refractivity contribution in [3.8, 4) is 6.07 Å². The van der Waals surface area contributed by atoms with Gasteiger partial charge in [0.2, 0.25) is 11.8 Å². The van der Waals surface area contributed by atoms with Crippen LogP contribution in [0.25, 0.3) is 0 Å². The summed E-state index contributed by atoms with van der Waals surface area (Å²) in [5.74, 6) is 1.53. The minimum absolute atomic E-state index is 0.00309. The fourth-order valence-corrected chi connectivity index (χ4v) is 5.19. The lowest BCUT2D eigenvalue weighted by atomic mass is 9.49. The second-order valence-corrected chi connectivity index (χ2v) is 7.32. The molecule has 0 heterocycles. The molecule has 114 valence electrons. The van der Waals surface area contributed by atoms with Gasteiger partial charge in [0.05, 0.1) is 6.07 Å². The van der Waals surface area contributed by atoms with Gasteiger partial charge >= 0.3 is 0 Å². The molecule has 0 radical (unpaired) electrons. The number of carbonyl (C=O) groups is 2. The maximum atomic E-state index is 12.8. The Balaban J connectivity index is 1.70. The van der Waals surface area contributed by atoms with Gasteiger partial charge in [-0.2, -0.15) is 5.26 Å². The molecule has 4 fully saturated rings. The van der Waals surface area contributed by atoms with Gasteiger partial charge in [-0.3, -0.25) is 9.59 Å². The highest BCUT2D eigenvalue weighted by Gasteiger charge is 2.54. The number of hydrogen-bond acceptors (Lipinski definition) is 3. The zero-order chi connectivity index (χ0) is 15.0. The summed E-state index contributed by atoms with van der Waals surface area (Å²) >= 11 is 0. The van der Waals surface area contributed by atoms with E-state index >= 15 is 0 Å².